The normalized spacial score (nSPS) is 12.4. The van der Waals surface area contributed by atoms with Crippen LogP contribution in [0.1, 0.15) is 46.4 Å². The lowest BCUT2D eigenvalue weighted by Crippen LogP contribution is -2.26. The fraction of sp³-hybridized carbons (Fsp3) is 0.429. The van der Waals surface area contributed by atoms with E-state index in [0.717, 1.165) is 23.2 Å². The first-order valence-corrected chi connectivity index (χ1v) is 7.27. The van der Waals surface area contributed by atoms with Gasteiger partial charge in [0.25, 0.3) is 5.91 Å². The summed E-state index contributed by atoms with van der Waals surface area (Å²) in [5.41, 5.74) is 2.88. The molecule has 0 bridgehead atoms. The Labute approximate surface area is 117 Å². The number of nitrogens with one attached hydrogen (secondary N) is 1. The summed E-state index contributed by atoms with van der Waals surface area (Å²) in [6, 6.07) is 1.93. The van der Waals surface area contributed by atoms with E-state index in [9.17, 15) is 4.79 Å². The number of nitrogens with zero attached hydrogens (tertiary/aromatic N) is 2. The van der Waals surface area contributed by atoms with E-state index in [4.69, 9.17) is 0 Å². The number of aryl methyl sites for hydroxylation is 2. The topological polar surface area (TPSA) is 46.9 Å². The predicted molar refractivity (Wildman–Crippen MR) is 77.5 cm³/mol. The number of carbonyl (C=O) groups excluding carboxylic acids is 1. The fourth-order valence-electron chi connectivity index (χ4n) is 1.98. The molecule has 2 aromatic heterocycles. The Balaban J connectivity index is 2.08. The van der Waals surface area contributed by atoms with E-state index in [-0.39, 0.29) is 11.9 Å². The first-order valence-electron chi connectivity index (χ1n) is 6.39. The molecule has 1 atom stereocenters. The largest absolute Gasteiger partial charge is 0.345 e. The molecule has 4 nitrogen and oxygen atoms in total. The Kier molecular flexibility index (Phi) is 4.04. The summed E-state index contributed by atoms with van der Waals surface area (Å²) < 4.78 is 1.82. The van der Waals surface area contributed by atoms with Gasteiger partial charge >= 0.3 is 0 Å². The van der Waals surface area contributed by atoms with Gasteiger partial charge in [-0.05, 0) is 26.3 Å². The molecule has 0 aliphatic heterocycles. The smallest absolute Gasteiger partial charge is 0.252 e. The number of amides is 1. The molecule has 5 heteroatoms. The van der Waals surface area contributed by atoms with Crippen LogP contribution in [0.15, 0.2) is 17.6 Å². The summed E-state index contributed by atoms with van der Waals surface area (Å²) in [6.07, 6.45) is 2.78. The van der Waals surface area contributed by atoms with Gasteiger partial charge in [0.05, 0.1) is 17.8 Å². The second-order valence-electron chi connectivity index (χ2n) is 4.66. The van der Waals surface area contributed by atoms with Crippen LogP contribution < -0.4 is 5.32 Å². The van der Waals surface area contributed by atoms with Crippen molar-refractivity contribution in [3.63, 3.8) is 0 Å². The molecule has 0 aliphatic rings. The summed E-state index contributed by atoms with van der Waals surface area (Å²) in [7, 11) is 1.90. The maximum absolute atomic E-state index is 12.1. The van der Waals surface area contributed by atoms with E-state index in [1.807, 2.05) is 43.2 Å². The van der Waals surface area contributed by atoms with Gasteiger partial charge in [0.2, 0.25) is 0 Å². The lowest BCUT2D eigenvalue weighted by Gasteiger charge is -2.13. The molecule has 0 saturated carbocycles. The van der Waals surface area contributed by atoms with Crippen LogP contribution in [-0.4, -0.2) is 15.7 Å². The van der Waals surface area contributed by atoms with Gasteiger partial charge in [0.15, 0.2) is 0 Å². The lowest BCUT2D eigenvalue weighted by atomic mass is 10.1. The van der Waals surface area contributed by atoms with Gasteiger partial charge in [-0.15, -0.1) is 11.3 Å². The van der Waals surface area contributed by atoms with Crippen molar-refractivity contribution in [3.05, 3.63) is 39.3 Å². The molecule has 1 amide bonds. The number of hydrogen-bond donors (Lipinski definition) is 1. The molecular weight excluding hydrogens is 258 g/mol. The van der Waals surface area contributed by atoms with Crippen molar-refractivity contribution in [3.8, 4) is 0 Å². The predicted octanol–water partition coefficient (Wildman–Crippen LogP) is 2.84. The molecule has 0 saturated heterocycles. The third kappa shape index (κ3) is 2.87. The maximum Gasteiger partial charge on any atom is 0.252 e. The minimum Gasteiger partial charge on any atom is -0.345 e. The van der Waals surface area contributed by atoms with Crippen molar-refractivity contribution < 1.29 is 4.79 Å². The van der Waals surface area contributed by atoms with Gasteiger partial charge in [-0.25, -0.2) is 0 Å². The van der Waals surface area contributed by atoms with Crippen LogP contribution in [0, 0.1) is 6.92 Å². The van der Waals surface area contributed by atoms with Crippen LogP contribution in [0.5, 0.6) is 0 Å². The molecular formula is C14H19N3OS. The van der Waals surface area contributed by atoms with Crippen LogP contribution in [0.2, 0.25) is 0 Å². The number of hydrogen-bond acceptors (Lipinski definition) is 3. The summed E-state index contributed by atoms with van der Waals surface area (Å²) in [5, 5.41) is 9.13. The van der Waals surface area contributed by atoms with Crippen LogP contribution >= 0.6 is 11.3 Å². The quantitative estimate of drug-likeness (QED) is 0.934. The van der Waals surface area contributed by atoms with Crippen molar-refractivity contribution in [2.75, 3.05) is 0 Å². The fourth-order valence-corrected chi connectivity index (χ4v) is 2.80. The highest BCUT2D eigenvalue weighted by atomic mass is 32.1. The Morgan fingerprint density at radius 3 is 2.84 bits per heavy atom. The van der Waals surface area contributed by atoms with Crippen molar-refractivity contribution in [1.82, 2.24) is 15.1 Å². The lowest BCUT2D eigenvalue weighted by molar-refractivity contribution is 0.0940. The van der Waals surface area contributed by atoms with Crippen LogP contribution in [0.3, 0.4) is 0 Å². The molecule has 1 N–H and O–H groups in total. The van der Waals surface area contributed by atoms with Crippen molar-refractivity contribution in [1.29, 1.82) is 0 Å². The Bertz CT molecular complexity index is 585. The molecule has 0 radical (unpaired) electrons. The van der Waals surface area contributed by atoms with E-state index >= 15 is 0 Å². The molecule has 2 aromatic rings. The molecule has 2 heterocycles. The zero-order chi connectivity index (χ0) is 14.0. The molecule has 0 fully saturated rings. The van der Waals surface area contributed by atoms with Gasteiger partial charge < -0.3 is 5.32 Å². The Morgan fingerprint density at radius 2 is 2.32 bits per heavy atom. The standard InChI is InChI=1S/C14H19N3OS/c1-5-12-6-11(8-19-12)14(18)16-9(2)13-7-15-17(4)10(13)3/h6-9H,5H2,1-4H3,(H,16,18). The average Bonchev–Trinajstić information content (AvgIpc) is 2.98. The highest BCUT2D eigenvalue weighted by Gasteiger charge is 2.16. The first-order chi connectivity index (χ1) is 9.02. The summed E-state index contributed by atoms with van der Waals surface area (Å²) in [5.74, 6) is -0.0216. The van der Waals surface area contributed by atoms with Crippen LogP contribution in [-0.2, 0) is 13.5 Å². The zero-order valence-corrected chi connectivity index (χ0v) is 12.5. The number of thiophene rings is 1. The summed E-state index contributed by atoms with van der Waals surface area (Å²) in [4.78, 5) is 13.4. The van der Waals surface area contributed by atoms with E-state index in [0.29, 0.717) is 0 Å². The van der Waals surface area contributed by atoms with Gasteiger partial charge in [-0.2, -0.15) is 5.10 Å². The Hall–Kier alpha value is -1.62. The van der Waals surface area contributed by atoms with Crippen molar-refractivity contribution >= 4 is 17.2 Å². The maximum atomic E-state index is 12.1. The molecule has 0 aromatic carbocycles. The summed E-state index contributed by atoms with van der Waals surface area (Å²) in [6.45, 7) is 6.08. The zero-order valence-electron chi connectivity index (χ0n) is 11.7. The highest BCUT2D eigenvalue weighted by Crippen LogP contribution is 2.19. The second-order valence-corrected chi connectivity index (χ2v) is 5.66. The molecule has 0 aliphatic carbocycles. The van der Waals surface area contributed by atoms with Crippen molar-refractivity contribution in [2.24, 2.45) is 7.05 Å². The summed E-state index contributed by atoms with van der Waals surface area (Å²) >= 11 is 1.63. The van der Waals surface area contributed by atoms with Gasteiger partial charge in [-0.3, -0.25) is 9.48 Å². The SMILES string of the molecule is CCc1cc(C(=O)NC(C)c2cnn(C)c2C)cs1. The third-order valence-electron chi connectivity index (χ3n) is 3.35. The van der Waals surface area contributed by atoms with E-state index in [2.05, 4.69) is 17.3 Å². The molecule has 102 valence electrons. The van der Waals surface area contributed by atoms with Gasteiger partial charge in [-0.1, -0.05) is 6.92 Å². The molecule has 19 heavy (non-hydrogen) atoms. The minimum absolute atomic E-state index is 0.0216. The second kappa shape index (κ2) is 5.57. The van der Waals surface area contributed by atoms with Crippen LogP contribution in [0.25, 0.3) is 0 Å². The monoisotopic (exact) mass is 277 g/mol. The van der Waals surface area contributed by atoms with Crippen LogP contribution in [0.4, 0.5) is 0 Å². The van der Waals surface area contributed by atoms with Gasteiger partial charge in [0.1, 0.15) is 0 Å². The molecule has 0 spiro atoms. The third-order valence-corrected chi connectivity index (χ3v) is 4.43. The Morgan fingerprint density at radius 1 is 1.58 bits per heavy atom. The molecule has 1 unspecified atom stereocenters. The highest BCUT2D eigenvalue weighted by molar-refractivity contribution is 7.10. The van der Waals surface area contributed by atoms with Crippen molar-refractivity contribution in [2.45, 2.75) is 33.2 Å². The van der Waals surface area contributed by atoms with E-state index in [1.54, 1.807) is 11.3 Å². The first kappa shape index (κ1) is 13.8. The van der Waals surface area contributed by atoms with E-state index < -0.39 is 0 Å². The number of carbonyl (C=O) groups is 1. The number of rotatable bonds is 4. The number of aromatic nitrogens is 2. The molecule has 2 rings (SSSR count). The van der Waals surface area contributed by atoms with E-state index in [1.165, 1.54) is 4.88 Å². The average molecular weight is 277 g/mol. The van der Waals surface area contributed by atoms with Gasteiger partial charge in [0, 0.05) is 28.6 Å². The minimum atomic E-state index is -0.0359.